The van der Waals surface area contributed by atoms with Crippen LogP contribution in [0.15, 0.2) is 48.8 Å². The van der Waals surface area contributed by atoms with Crippen LogP contribution in [0.1, 0.15) is 23.0 Å². The molecular weight excluding hydrogens is 318 g/mol. The van der Waals surface area contributed by atoms with Gasteiger partial charge < -0.3 is 9.47 Å². The van der Waals surface area contributed by atoms with Crippen LogP contribution in [-0.4, -0.2) is 34.2 Å². The molecule has 0 saturated carbocycles. The van der Waals surface area contributed by atoms with Crippen LogP contribution in [0.4, 0.5) is 0 Å². The number of nitrogens with zero attached hydrogens (tertiary/aromatic N) is 3. The van der Waals surface area contributed by atoms with E-state index in [1.165, 1.54) is 0 Å². The van der Waals surface area contributed by atoms with Crippen LogP contribution in [0.5, 0.6) is 5.88 Å². The van der Waals surface area contributed by atoms with Crippen molar-refractivity contribution in [3.63, 3.8) is 0 Å². The first-order valence-corrected chi connectivity index (χ1v) is 7.96. The van der Waals surface area contributed by atoms with Crippen molar-refractivity contribution in [1.82, 2.24) is 14.5 Å². The molecule has 3 rings (SSSR count). The Hall–Kier alpha value is -3.15. The first-order valence-electron chi connectivity index (χ1n) is 7.96. The fourth-order valence-corrected chi connectivity index (χ4v) is 2.42. The minimum Gasteiger partial charge on any atom is -0.481 e. The maximum absolute atomic E-state index is 12.1. The maximum Gasteiger partial charge on any atom is 0.358 e. The molecule has 1 aromatic carbocycles. The molecular formula is C19H19N3O3. The zero-order chi connectivity index (χ0) is 17.8. The summed E-state index contributed by atoms with van der Waals surface area (Å²) in [6.07, 6.45) is 3.35. The second kappa shape index (κ2) is 7.17. The van der Waals surface area contributed by atoms with E-state index >= 15 is 0 Å². The van der Waals surface area contributed by atoms with E-state index in [1.54, 1.807) is 32.5 Å². The van der Waals surface area contributed by atoms with Gasteiger partial charge in [-0.3, -0.25) is 4.57 Å². The Kier molecular flexibility index (Phi) is 4.79. The highest BCUT2D eigenvalue weighted by molar-refractivity contribution is 5.88. The Morgan fingerprint density at radius 2 is 1.92 bits per heavy atom. The Morgan fingerprint density at radius 1 is 1.16 bits per heavy atom. The first-order chi connectivity index (χ1) is 12.1. The van der Waals surface area contributed by atoms with Gasteiger partial charge in [-0.25, -0.2) is 14.8 Å². The van der Waals surface area contributed by atoms with Crippen molar-refractivity contribution in [2.24, 2.45) is 0 Å². The monoisotopic (exact) mass is 337 g/mol. The third-order valence-corrected chi connectivity index (χ3v) is 3.71. The Labute approximate surface area is 146 Å². The van der Waals surface area contributed by atoms with E-state index in [-0.39, 0.29) is 5.69 Å². The number of aryl methyl sites for hydroxylation is 1. The predicted molar refractivity (Wildman–Crippen MR) is 94.0 cm³/mol. The number of ether oxygens (including phenoxy) is 2. The van der Waals surface area contributed by atoms with Crippen LogP contribution in [-0.2, 0) is 4.74 Å². The van der Waals surface area contributed by atoms with Crippen molar-refractivity contribution in [3.05, 3.63) is 60.0 Å². The lowest BCUT2D eigenvalue weighted by Crippen LogP contribution is -2.04. The smallest absolute Gasteiger partial charge is 0.358 e. The van der Waals surface area contributed by atoms with Gasteiger partial charge in [0, 0.05) is 29.7 Å². The highest BCUT2D eigenvalue weighted by Gasteiger charge is 2.18. The number of pyridine rings is 1. The number of carbonyl (C=O) groups excluding carboxylic acids is 1. The van der Waals surface area contributed by atoms with Crippen LogP contribution in [0, 0.1) is 6.92 Å². The molecule has 0 N–H and O–H groups in total. The normalized spacial score (nSPS) is 10.5. The Balaban J connectivity index is 2.10. The van der Waals surface area contributed by atoms with Crippen molar-refractivity contribution in [1.29, 1.82) is 0 Å². The predicted octanol–water partition coefficient (Wildman–Crippen LogP) is 3.43. The summed E-state index contributed by atoms with van der Waals surface area (Å²) in [6, 6.07) is 11.6. The number of methoxy groups -OCH3 is 1. The number of carbonyl (C=O) groups is 1. The highest BCUT2D eigenvalue weighted by atomic mass is 16.5. The van der Waals surface area contributed by atoms with Crippen molar-refractivity contribution in [2.45, 2.75) is 13.8 Å². The summed E-state index contributed by atoms with van der Waals surface area (Å²) in [6.45, 7) is 4.09. The number of hydrogen-bond donors (Lipinski definition) is 0. The van der Waals surface area contributed by atoms with Gasteiger partial charge in [-0.2, -0.15) is 0 Å². The summed E-state index contributed by atoms with van der Waals surface area (Å²) in [5.41, 5.74) is 3.09. The fraction of sp³-hybridized carbons (Fsp3) is 0.211. The molecule has 0 unspecified atom stereocenters. The average Bonchev–Trinajstić information content (AvgIpc) is 3.08. The van der Waals surface area contributed by atoms with Crippen molar-refractivity contribution in [2.75, 3.05) is 13.7 Å². The summed E-state index contributed by atoms with van der Waals surface area (Å²) in [5.74, 6) is 0.681. The Bertz CT molecular complexity index is 868. The molecule has 0 atom stereocenters. The topological polar surface area (TPSA) is 66.2 Å². The second-order valence-corrected chi connectivity index (χ2v) is 5.47. The van der Waals surface area contributed by atoms with Crippen LogP contribution in [0.2, 0.25) is 0 Å². The molecule has 6 nitrogen and oxygen atoms in total. The minimum atomic E-state index is -0.448. The van der Waals surface area contributed by atoms with Crippen LogP contribution in [0.25, 0.3) is 17.1 Å². The van der Waals surface area contributed by atoms with E-state index in [0.29, 0.717) is 18.3 Å². The van der Waals surface area contributed by atoms with Gasteiger partial charge in [-0.1, -0.05) is 17.7 Å². The zero-order valence-electron chi connectivity index (χ0n) is 14.4. The molecule has 25 heavy (non-hydrogen) atoms. The van der Waals surface area contributed by atoms with Gasteiger partial charge in [0.25, 0.3) is 0 Å². The van der Waals surface area contributed by atoms with Crippen molar-refractivity contribution < 1.29 is 14.3 Å². The molecule has 0 aliphatic rings. The number of hydrogen-bond acceptors (Lipinski definition) is 5. The van der Waals surface area contributed by atoms with Gasteiger partial charge in [0.2, 0.25) is 5.88 Å². The van der Waals surface area contributed by atoms with Crippen molar-refractivity contribution >= 4 is 5.97 Å². The average molecular weight is 337 g/mol. The van der Waals surface area contributed by atoms with Crippen LogP contribution >= 0.6 is 0 Å². The molecule has 0 spiro atoms. The van der Waals surface area contributed by atoms with Gasteiger partial charge in [-0.15, -0.1) is 0 Å². The first kappa shape index (κ1) is 16.7. The third kappa shape index (κ3) is 3.52. The molecule has 128 valence electrons. The molecule has 2 aromatic heterocycles. The highest BCUT2D eigenvalue weighted by Crippen LogP contribution is 2.24. The standard InChI is InChI=1S/C19H19N3O3/c1-4-25-19(23)16-12-22(15-8-5-13(2)6-9-15)18(21-16)14-7-10-17(24-3)20-11-14/h5-12H,4H2,1-3H3. The lowest BCUT2D eigenvalue weighted by Gasteiger charge is -2.08. The van der Waals surface area contributed by atoms with Crippen LogP contribution in [0.3, 0.4) is 0 Å². The molecule has 0 radical (unpaired) electrons. The number of esters is 1. The summed E-state index contributed by atoms with van der Waals surface area (Å²) >= 11 is 0. The molecule has 0 saturated heterocycles. The molecule has 6 heteroatoms. The number of rotatable bonds is 5. The lowest BCUT2D eigenvalue weighted by atomic mass is 10.2. The number of aromatic nitrogens is 3. The van der Waals surface area contributed by atoms with Gasteiger partial charge in [0.05, 0.1) is 13.7 Å². The lowest BCUT2D eigenvalue weighted by molar-refractivity contribution is 0.0520. The molecule has 0 aliphatic carbocycles. The summed E-state index contributed by atoms with van der Waals surface area (Å²) < 4.78 is 12.0. The van der Waals surface area contributed by atoms with Gasteiger partial charge >= 0.3 is 5.97 Å². The van der Waals surface area contributed by atoms with Crippen LogP contribution < -0.4 is 4.74 Å². The zero-order valence-corrected chi connectivity index (χ0v) is 14.4. The quantitative estimate of drug-likeness (QED) is 0.667. The van der Waals surface area contributed by atoms with E-state index in [2.05, 4.69) is 9.97 Å². The van der Waals surface area contributed by atoms with E-state index in [0.717, 1.165) is 16.8 Å². The van der Waals surface area contributed by atoms with Gasteiger partial charge in [0.1, 0.15) is 5.82 Å². The van der Waals surface area contributed by atoms with Crippen molar-refractivity contribution in [3.8, 4) is 23.0 Å². The van der Waals surface area contributed by atoms with E-state index in [1.807, 2.05) is 41.8 Å². The maximum atomic E-state index is 12.1. The molecule has 0 fully saturated rings. The number of imidazole rings is 1. The number of benzene rings is 1. The largest absolute Gasteiger partial charge is 0.481 e. The van der Waals surface area contributed by atoms with E-state index in [4.69, 9.17) is 9.47 Å². The van der Waals surface area contributed by atoms with Gasteiger partial charge in [-0.05, 0) is 32.0 Å². The molecule has 0 bridgehead atoms. The Morgan fingerprint density at radius 3 is 2.52 bits per heavy atom. The van der Waals surface area contributed by atoms with Gasteiger partial charge in [0.15, 0.2) is 5.69 Å². The fourth-order valence-electron chi connectivity index (χ4n) is 2.42. The second-order valence-electron chi connectivity index (χ2n) is 5.47. The molecule has 0 aliphatic heterocycles. The third-order valence-electron chi connectivity index (χ3n) is 3.71. The van der Waals surface area contributed by atoms with E-state index < -0.39 is 5.97 Å². The summed E-state index contributed by atoms with van der Waals surface area (Å²) in [4.78, 5) is 20.8. The summed E-state index contributed by atoms with van der Waals surface area (Å²) in [7, 11) is 1.56. The molecule has 0 amide bonds. The SMILES string of the molecule is CCOC(=O)c1cn(-c2ccc(C)cc2)c(-c2ccc(OC)nc2)n1. The minimum absolute atomic E-state index is 0.258. The molecule has 3 aromatic rings. The molecule has 2 heterocycles. The van der Waals surface area contributed by atoms with E-state index in [9.17, 15) is 4.79 Å². The summed E-state index contributed by atoms with van der Waals surface area (Å²) in [5, 5.41) is 0.